The van der Waals surface area contributed by atoms with Crippen LogP contribution in [0.2, 0.25) is 0 Å². The van der Waals surface area contributed by atoms with Crippen molar-refractivity contribution >= 4 is 11.9 Å². The van der Waals surface area contributed by atoms with E-state index in [1.165, 1.54) is 0 Å². The van der Waals surface area contributed by atoms with E-state index in [2.05, 4.69) is 20.2 Å². The van der Waals surface area contributed by atoms with Gasteiger partial charge in [-0.05, 0) is 63.6 Å². The van der Waals surface area contributed by atoms with Gasteiger partial charge in [0.15, 0.2) is 0 Å². The maximum absolute atomic E-state index is 12.5. The van der Waals surface area contributed by atoms with Crippen LogP contribution in [0.15, 0.2) is 30.3 Å². The molecule has 1 aromatic heterocycles. The molecule has 2 aromatic rings. The Bertz CT molecular complexity index is 811. The van der Waals surface area contributed by atoms with Crippen molar-refractivity contribution in [1.82, 2.24) is 15.3 Å². The van der Waals surface area contributed by atoms with Gasteiger partial charge in [0.2, 0.25) is 11.9 Å². The number of methoxy groups -OCH3 is 1. The van der Waals surface area contributed by atoms with Crippen molar-refractivity contribution in [1.29, 1.82) is 0 Å². The largest absolute Gasteiger partial charge is 0.496 e. The van der Waals surface area contributed by atoms with Crippen LogP contribution in [0.4, 0.5) is 5.95 Å². The molecular weight excluding hydrogens is 364 g/mol. The fourth-order valence-corrected chi connectivity index (χ4v) is 4.03. The van der Waals surface area contributed by atoms with Crippen LogP contribution in [0.5, 0.6) is 5.75 Å². The SMILES string of the molecule is COc1ccccc1CC(C)NC(=O)CC1CCN(c2nc(C)cc(C)n2)CC1. The highest BCUT2D eigenvalue weighted by Gasteiger charge is 2.24. The second-order valence-electron chi connectivity index (χ2n) is 8.07. The van der Waals surface area contributed by atoms with Crippen LogP contribution in [0.1, 0.15) is 43.1 Å². The van der Waals surface area contributed by atoms with E-state index in [0.29, 0.717) is 12.3 Å². The Kier molecular flexibility index (Phi) is 7.07. The lowest BCUT2D eigenvalue weighted by Gasteiger charge is -2.32. The number of aromatic nitrogens is 2. The molecule has 1 aromatic carbocycles. The number of aryl methyl sites for hydroxylation is 2. The van der Waals surface area contributed by atoms with E-state index in [1.807, 2.05) is 51.1 Å². The topological polar surface area (TPSA) is 67.3 Å². The van der Waals surface area contributed by atoms with Crippen molar-refractivity contribution in [3.63, 3.8) is 0 Å². The van der Waals surface area contributed by atoms with Crippen LogP contribution in [0.3, 0.4) is 0 Å². The van der Waals surface area contributed by atoms with Crippen molar-refractivity contribution in [2.24, 2.45) is 5.92 Å². The number of hydrogen-bond donors (Lipinski definition) is 1. The lowest BCUT2D eigenvalue weighted by molar-refractivity contribution is -0.122. The lowest BCUT2D eigenvalue weighted by atomic mass is 9.93. The summed E-state index contributed by atoms with van der Waals surface area (Å²) >= 11 is 0. The number of rotatable bonds is 7. The van der Waals surface area contributed by atoms with Gasteiger partial charge in [-0.15, -0.1) is 0 Å². The average Bonchev–Trinajstić information content (AvgIpc) is 2.68. The maximum atomic E-state index is 12.5. The zero-order valence-corrected chi connectivity index (χ0v) is 17.9. The van der Waals surface area contributed by atoms with Crippen LogP contribution >= 0.6 is 0 Å². The van der Waals surface area contributed by atoms with Crippen LogP contribution in [-0.2, 0) is 11.2 Å². The summed E-state index contributed by atoms with van der Waals surface area (Å²) in [6.45, 7) is 7.85. The van der Waals surface area contributed by atoms with Gasteiger partial charge in [0.05, 0.1) is 7.11 Å². The number of para-hydroxylation sites is 1. The predicted molar refractivity (Wildman–Crippen MR) is 115 cm³/mol. The van der Waals surface area contributed by atoms with Crippen molar-refractivity contribution < 1.29 is 9.53 Å². The number of anilines is 1. The lowest BCUT2D eigenvalue weighted by Crippen LogP contribution is -2.39. The quantitative estimate of drug-likeness (QED) is 0.776. The maximum Gasteiger partial charge on any atom is 0.225 e. The fourth-order valence-electron chi connectivity index (χ4n) is 4.03. The molecule has 29 heavy (non-hydrogen) atoms. The van der Waals surface area contributed by atoms with Crippen LogP contribution < -0.4 is 15.0 Å². The molecule has 3 rings (SSSR count). The monoisotopic (exact) mass is 396 g/mol. The molecule has 0 spiro atoms. The number of nitrogens with one attached hydrogen (secondary N) is 1. The smallest absolute Gasteiger partial charge is 0.225 e. The molecular formula is C23H32N4O2. The number of carbonyl (C=O) groups is 1. The number of amides is 1. The summed E-state index contributed by atoms with van der Waals surface area (Å²) in [5.74, 6) is 2.23. The molecule has 1 atom stereocenters. The van der Waals surface area contributed by atoms with Gasteiger partial charge >= 0.3 is 0 Å². The first-order valence-corrected chi connectivity index (χ1v) is 10.4. The van der Waals surface area contributed by atoms with E-state index in [0.717, 1.165) is 61.0 Å². The van der Waals surface area contributed by atoms with Gasteiger partial charge in [-0.3, -0.25) is 4.79 Å². The number of benzene rings is 1. The van der Waals surface area contributed by atoms with Gasteiger partial charge in [-0.1, -0.05) is 18.2 Å². The van der Waals surface area contributed by atoms with E-state index in [9.17, 15) is 4.79 Å². The van der Waals surface area contributed by atoms with E-state index < -0.39 is 0 Å². The second kappa shape index (κ2) is 9.72. The van der Waals surface area contributed by atoms with E-state index in [1.54, 1.807) is 7.11 Å². The Morgan fingerprint density at radius 3 is 2.52 bits per heavy atom. The third-order valence-corrected chi connectivity index (χ3v) is 5.47. The number of nitrogens with zero attached hydrogens (tertiary/aromatic N) is 3. The Morgan fingerprint density at radius 1 is 1.21 bits per heavy atom. The predicted octanol–water partition coefficient (Wildman–Crippen LogP) is 3.46. The summed E-state index contributed by atoms with van der Waals surface area (Å²) in [5.41, 5.74) is 3.11. The molecule has 1 amide bonds. The second-order valence-corrected chi connectivity index (χ2v) is 8.07. The molecule has 1 N–H and O–H groups in total. The molecule has 2 heterocycles. The molecule has 1 fully saturated rings. The summed E-state index contributed by atoms with van der Waals surface area (Å²) < 4.78 is 5.41. The Balaban J connectivity index is 1.45. The highest BCUT2D eigenvalue weighted by atomic mass is 16.5. The zero-order valence-electron chi connectivity index (χ0n) is 17.9. The Morgan fingerprint density at radius 2 is 1.86 bits per heavy atom. The summed E-state index contributed by atoms with van der Waals surface area (Å²) in [4.78, 5) is 23.9. The van der Waals surface area contributed by atoms with Crippen LogP contribution in [-0.4, -0.2) is 42.1 Å². The first kappa shape index (κ1) is 21.1. The minimum absolute atomic E-state index is 0.0718. The molecule has 6 nitrogen and oxygen atoms in total. The third kappa shape index (κ3) is 5.92. The van der Waals surface area contributed by atoms with Crippen LogP contribution in [0, 0.1) is 19.8 Å². The molecule has 0 radical (unpaired) electrons. The van der Waals surface area contributed by atoms with E-state index >= 15 is 0 Å². The zero-order chi connectivity index (χ0) is 20.8. The minimum atomic E-state index is 0.0718. The van der Waals surface area contributed by atoms with Crippen molar-refractivity contribution in [3.8, 4) is 5.75 Å². The molecule has 1 unspecified atom stereocenters. The number of ether oxygens (including phenoxy) is 1. The summed E-state index contributed by atoms with van der Waals surface area (Å²) in [6.07, 6.45) is 3.32. The first-order valence-electron chi connectivity index (χ1n) is 10.4. The van der Waals surface area contributed by atoms with Gasteiger partial charge in [0, 0.05) is 36.9 Å². The van der Waals surface area contributed by atoms with Gasteiger partial charge in [-0.25, -0.2) is 9.97 Å². The van der Waals surface area contributed by atoms with E-state index in [4.69, 9.17) is 4.74 Å². The molecule has 6 heteroatoms. The van der Waals surface area contributed by atoms with Crippen molar-refractivity contribution in [2.45, 2.75) is 52.5 Å². The minimum Gasteiger partial charge on any atom is -0.496 e. The van der Waals surface area contributed by atoms with Gasteiger partial charge in [0.1, 0.15) is 5.75 Å². The normalized spacial score (nSPS) is 15.8. The number of hydrogen-bond acceptors (Lipinski definition) is 5. The van der Waals surface area contributed by atoms with Gasteiger partial charge in [0.25, 0.3) is 0 Å². The number of carbonyl (C=O) groups excluding carboxylic acids is 1. The molecule has 1 saturated heterocycles. The molecule has 1 aliphatic rings. The third-order valence-electron chi connectivity index (χ3n) is 5.47. The highest BCUT2D eigenvalue weighted by molar-refractivity contribution is 5.76. The van der Waals surface area contributed by atoms with Crippen molar-refractivity contribution in [3.05, 3.63) is 47.3 Å². The van der Waals surface area contributed by atoms with Gasteiger partial charge in [-0.2, -0.15) is 0 Å². The molecule has 0 bridgehead atoms. The van der Waals surface area contributed by atoms with Crippen molar-refractivity contribution in [2.75, 3.05) is 25.1 Å². The number of piperidine rings is 1. The average molecular weight is 397 g/mol. The first-order chi connectivity index (χ1) is 13.9. The summed E-state index contributed by atoms with van der Waals surface area (Å²) in [5, 5.41) is 3.15. The molecule has 156 valence electrons. The van der Waals surface area contributed by atoms with E-state index in [-0.39, 0.29) is 11.9 Å². The highest BCUT2D eigenvalue weighted by Crippen LogP contribution is 2.24. The van der Waals surface area contributed by atoms with Gasteiger partial charge < -0.3 is 15.0 Å². The summed E-state index contributed by atoms with van der Waals surface area (Å²) in [6, 6.07) is 10.0. The Hall–Kier alpha value is -2.63. The summed E-state index contributed by atoms with van der Waals surface area (Å²) in [7, 11) is 1.68. The molecule has 1 aliphatic heterocycles. The standard InChI is InChI=1S/C23H32N4O2/c1-16-13-17(2)26-23(25-16)27-11-9-19(10-12-27)15-22(28)24-18(3)14-20-7-5-6-8-21(20)29-4/h5-8,13,18-19H,9-12,14-15H2,1-4H3,(H,24,28). The van der Waals surface area contributed by atoms with Crippen LogP contribution in [0.25, 0.3) is 0 Å². The fraction of sp³-hybridized carbons (Fsp3) is 0.522. The Labute approximate surface area is 173 Å². The molecule has 0 aliphatic carbocycles. The molecule has 0 saturated carbocycles.